The summed E-state index contributed by atoms with van der Waals surface area (Å²) in [6.07, 6.45) is 3.08. The molecule has 0 aliphatic rings. The van der Waals surface area contributed by atoms with Crippen LogP contribution in [0.15, 0.2) is 28.2 Å². The standard InChI is InChI=1S/C11H13BrClN/c1-2-8(7-14)5-9-3-4-11(13)10(12)6-9/h3-6H,2,7,14H2,1H3/b8-5-. The molecule has 76 valence electrons. The van der Waals surface area contributed by atoms with E-state index in [0.717, 1.165) is 21.5 Å². The predicted molar refractivity (Wildman–Crippen MR) is 66.5 cm³/mol. The molecule has 0 amide bonds. The Bertz CT molecular complexity index is 341. The average molecular weight is 275 g/mol. The fourth-order valence-electron chi connectivity index (χ4n) is 1.14. The van der Waals surface area contributed by atoms with Crippen LogP contribution in [0, 0.1) is 0 Å². The largest absolute Gasteiger partial charge is 0.327 e. The molecule has 0 fully saturated rings. The smallest absolute Gasteiger partial charge is 0.0548 e. The maximum atomic E-state index is 5.89. The van der Waals surface area contributed by atoms with Crippen LogP contribution in [0.2, 0.25) is 5.02 Å². The van der Waals surface area contributed by atoms with Gasteiger partial charge in [0.2, 0.25) is 0 Å². The van der Waals surface area contributed by atoms with Gasteiger partial charge in [-0.3, -0.25) is 0 Å². The van der Waals surface area contributed by atoms with Crippen LogP contribution < -0.4 is 5.73 Å². The van der Waals surface area contributed by atoms with Gasteiger partial charge in [-0.15, -0.1) is 0 Å². The molecule has 0 radical (unpaired) electrons. The van der Waals surface area contributed by atoms with Crippen LogP contribution in [0.1, 0.15) is 18.9 Å². The monoisotopic (exact) mass is 273 g/mol. The summed E-state index contributed by atoms with van der Waals surface area (Å²) in [7, 11) is 0. The van der Waals surface area contributed by atoms with Gasteiger partial charge in [-0.05, 0) is 40.0 Å². The third kappa shape index (κ3) is 3.12. The van der Waals surface area contributed by atoms with Crippen molar-refractivity contribution in [3.63, 3.8) is 0 Å². The highest BCUT2D eigenvalue weighted by molar-refractivity contribution is 9.10. The second-order valence-corrected chi connectivity index (χ2v) is 4.30. The SMILES string of the molecule is CC/C(=C/c1ccc(Cl)c(Br)c1)CN. The van der Waals surface area contributed by atoms with Crippen molar-refractivity contribution in [1.29, 1.82) is 0 Å². The lowest BCUT2D eigenvalue weighted by molar-refractivity contribution is 1.02. The minimum atomic E-state index is 0.608. The van der Waals surface area contributed by atoms with Gasteiger partial charge in [0.15, 0.2) is 0 Å². The van der Waals surface area contributed by atoms with E-state index in [4.69, 9.17) is 17.3 Å². The quantitative estimate of drug-likeness (QED) is 0.890. The van der Waals surface area contributed by atoms with Crippen LogP contribution in [-0.2, 0) is 0 Å². The van der Waals surface area contributed by atoms with E-state index in [1.165, 1.54) is 5.57 Å². The van der Waals surface area contributed by atoms with Gasteiger partial charge in [-0.2, -0.15) is 0 Å². The molecular weight excluding hydrogens is 261 g/mol. The van der Waals surface area contributed by atoms with Gasteiger partial charge in [0.25, 0.3) is 0 Å². The molecule has 0 heterocycles. The first-order chi connectivity index (χ1) is 6.67. The molecule has 0 aromatic heterocycles. The summed E-state index contributed by atoms with van der Waals surface area (Å²) in [6.45, 7) is 2.71. The Hall–Kier alpha value is -0.310. The van der Waals surface area contributed by atoms with E-state index in [-0.39, 0.29) is 0 Å². The Morgan fingerprint density at radius 2 is 2.29 bits per heavy atom. The molecule has 0 aliphatic heterocycles. The zero-order valence-corrected chi connectivity index (χ0v) is 10.4. The summed E-state index contributed by atoms with van der Waals surface area (Å²) in [5.74, 6) is 0. The van der Waals surface area contributed by atoms with E-state index in [1.807, 2.05) is 18.2 Å². The number of nitrogens with two attached hydrogens (primary N) is 1. The lowest BCUT2D eigenvalue weighted by Crippen LogP contribution is -2.01. The lowest BCUT2D eigenvalue weighted by atomic mass is 10.1. The van der Waals surface area contributed by atoms with Crippen molar-refractivity contribution < 1.29 is 0 Å². The van der Waals surface area contributed by atoms with Crippen molar-refractivity contribution in [2.45, 2.75) is 13.3 Å². The van der Waals surface area contributed by atoms with Gasteiger partial charge in [0, 0.05) is 11.0 Å². The first-order valence-electron chi connectivity index (χ1n) is 4.52. The minimum Gasteiger partial charge on any atom is -0.327 e. The number of benzene rings is 1. The van der Waals surface area contributed by atoms with Crippen LogP contribution in [0.25, 0.3) is 6.08 Å². The molecular formula is C11H13BrClN. The second-order valence-electron chi connectivity index (χ2n) is 3.03. The van der Waals surface area contributed by atoms with Gasteiger partial charge in [0.05, 0.1) is 5.02 Å². The molecule has 0 saturated heterocycles. The molecule has 1 rings (SSSR count). The normalized spacial score (nSPS) is 11.9. The molecule has 0 unspecified atom stereocenters. The van der Waals surface area contributed by atoms with E-state index < -0.39 is 0 Å². The Morgan fingerprint density at radius 3 is 2.79 bits per heavy atom. The third-order valence-electron chi connectivity index (χ3n) is 2.03. The van der Waals surface area contributed by atoms with Crippen molar-refractivity contribution in [1.82, 2.24) is 0 Å². The molecule has 1 nitrogen and oxygen atoms in total. The fourth-order valence-corrected chi connectivity index (χ4v) is 1.66. The molecule has 3 heteroatoms. The van der Waals surface area contributed by atoms with E-state index in [0.29, 0.717) is 6.54 Å². The molecule has 0 bridgehead atoms. The van der Waals surface area contributed by atoms with Gasteiger partial charge in [0.1, 0.15) is 0 Å². The van der Waals surface area contributed by atoms with Crippen LogP contribution in [0.3, 0.4) is 0 Å². The fraction of sp³-hybridized carbons (Fsp3) is 0.273. The van der Waals surface area contributed by atoms with E-state index >= 15 is 0 Å². The molecule has 0 atom stereocenters. The number of halogens is 2. The summed E-state index contributed by atoms with van der Waals surface area (Å²) in [5.41, 5.74) is 7.96. The van der Waals surface area contributed by atoms with E-state index in [9.17, 15) is 0 Å². The van der Waals surface area contributed by atoms with Gasteiger partial charge < -0.3 is 5.73 Å². The van der Waals surface area contributed by atoms with Crippen molar-refractivity contribution >= 4 is 33.6 Å². The maximum Gasteiger partial charge on any atom is 0.0548 e. The molecule has 2 N–H and O–H groups in total. The highest BCUT2D eigenvalue weighted by atomic mass is 79.9. The Balaban J connectivity index is 2.97. The molecule has 0 aliphatic carbocycles. The van der Waals surface area contributed by atoms with Crippen LogP contribution in [0.4, 0.5) is 0 Å². The summed E-state index contributed by atoms with van der Waals surface area (Å²) < 4.78 is 0.917. The topological polar surface area (TPSA) is 26.0 Å². The summed E-state index contributed by atoms with van der Waals surface area (Å²) in [4.78, 5) is 0. The first-order valence-corrected chi connectivity index (χ1v) is 5.69. The van der Waals surface area contributed by atoms with Crippen molar-refractivity contribution in [2.75, 3.05) is 6.54 Å². The van der Waals surface area contributed by atoms with Crippen LogP contribution >= 0.6 is 27.5 Å². The third-order valence-corrected chi connectivity index (χ3v) is 3.24. The molecule has 0 spiro atoms. The molecule has 1 aromatic carbocycles. The van der Waals surface area contributed by atoms with Gasteiger partial charge in [-0.25, -0.2) is 0 Å². The predicted octanol–water partition coefficient (Wildman–Crippen LogP) is 3.85. The number of hydrogen-bond acceptors (Lipinski definition) is 1. The number of hydrogen-bond donors (Lipinski definition) is 1. The average Bonchev–Trinajstić information content (AvgIpc) is 2.19. The second kappa shape index (κ2) is 5.54. The Labute approximate surface area is 98.1 Å². The highest BCUT2D eigenvalue weighted by Crippen LogP contribution is 2.24. The van der Waals surface area contributed by atoms with Crippen LogP contribution in [-0.4, -0.2) is 6.54 Å². The van der Waals surface area contributed by atoms with Gasteiger partial charge in [-0.1, -0.05) is 36.2 Å². The van der Waals surface area contributed by atoms with Crippen molar-refractivity contribution in [3.05, 3.63) is 38.8 Å². The molecule has 14 heavy (non-hydrogen) atoms. The minimum absolute atomic E-state index is 0.608. The van der Waals surface area contributed by atoms with E-state index in [1.54, 1.807) is 0 Å². The summed E-state index contributed by atoms with van der Waals surface area (Å²) in [6, 6.07) is 5.85. The Morgan fingerprint density at radius 1 is 1.57 bits per heavy atom. The molecule has 1 aromatic rings. The summed E-state index contributed by atoms with van der Waals surface area (Å²) >= 11 is 9.28. The zero-order valence-electron chi connectivity index (χ0n) is 8.06. The van der Waals surface area contributed by atoms with Crippen LogP contribution in [0.5, 0.6) is 0 Å². The van der Waals surface area contributed by atoms with Crippen molar-refractivity contribution in [3.8, 4) is 0 Å². The Kier molecular flexibility index (Phi) is 4.66. The van der Waals surface area contributed by atoms with Crippen molar-refractivity contribution in [2.24, 2.45) is 5.73 Å². The maximum absolute atomic E-state index is 5.89. The highest BCUT2D eigenvalue weighted by Gasteiger charge is 1.97. The molecule has 0 saturated carbocycles. The zero-order chi connectivity index (χ0) is 10.6. The van der Waals surface area contributed by atoms with Gasteiger partial charge >= 0.3 is 0 Å². The first kappa shape index (κ1) is 11.8. The summed E-state index contributed by atoms with van der Waals surface area (Å²) in [5, 5.41) is 0.730. The lowest BCUT2D eigenvalue weighted by Gasteiger charge is -2.02. The van der Waals surface area contributed by atoms with E-state index in [2.05, 4.69) is 28.9 Å². The number of rotatable bonds is 3.